The van der Waals surface area contributed by atoms with Gasteiger partial charge in [-0.25, -0.2) is 0 Å². The summed E-state index contributed by atoms with van der Waals surface area (Å²) in [6.07, 6.45) is 1.13. The van der Waals surface area contributed by atoms with Crippen LogP contribution in [0.15, 0.2) is 42.5 Å². The van der Waals surface area contributed by atoms with Gasteiger partial charge in [-0.3, -0.25) is 4.90 Å². The highest BCUT2D eigenvalue weighted by molar-refractivity contribution is 5.39. The summed E-state index contributed by atoms with van der Waals surface area (Å²) in [5.74, 6) is 0.591. The second kappa shape index (κ2) is 6.34. The minimum Gasteiger partial charge on any atom is -0.294 e. The monoisotopic (exact) mass is 290 g/mol. The van der Waals surface area contributed by atoms with Crippen molar-refractivity contribution in [1.29, 1.82) is 5.26 Å². The van der Waals surface area contributed by atoms with Crippen LogP contribution in [0.2, 0.25) is 0 Å². The molecule has 22 heavy (non-hydrogen) atoms. The zero-order valence-corrected chi connectivity index (χ0v) is 13.3. The van der Waals surface area contributed by atoms with Crippen LogP contribution in [0.1, 0.15) is 47.6 Å². The van der Waals surface area contributed by atoms with E-state index in [1.54, 1.807) is 5.56 Å². The first-order valence-corrected chi connectivity index (χ1v) is 7.99. The molecular formula is C20H22N2. The molecule has 0 bridgehead atoms. The highest BCUT2D eigenvalue weighted by atomic mass is 15.1. The lowest BCUT2D eigenvalue weighted by Gasteiger charge is -2.31. The van der Waals surface area contributed by atoms with Crippen molar-refractivity contribution in [3.8, 4) is 6.07 Å². The first-order chi connectivity index (χ1) is 10.7. The Hall–Kier alpha value is -2.11. The van der Waals surface area contributed by atoms with Crippen molar-refractivity contribution in [3.63, 3.8) is 0 Å². The fourth-order valence-electron chi connectivity index (χ4n) is 3.37. The fraction of sp³-hybridized carbons (Fsp3) is 0.350. The number of hydrogen-bond donors (Lipinski definition) is 0. The summed E-state index contributed by atoms with van der Waals surface area (Å²) in [5.41, 5.74) is 6.50. The van der Waals surface area contributed by atoms with Crippen molar-refractivity contribution in [3.05, 3.63) is 70.3 Å². The molecule has 112 valence electrons. The van der Waals surface area contributed by atoms with Gasteiger partial charge >= 0.3 is 0 Å². The maximum Gasteiger partial charge on any atom is 0.0991 e. The first kappa shape index (κ1) is 14.8. The van der Waals surface area contributed by atoms with E-state index in [0.29, 0.717) is 5.92 Å². The molecule has 1 heterocycles. The normalized spacial score (nSPS) is 14.6. The number of nitriles is 1. The molecule has 0 unspecified atom stereocenters. The summed E-state index contributed by atoms with van der Waals surface area (Å²) in [5, 5.41) is 9.02. The van der Waals surface area contributed by atoms with Crippen LogP contribution in [0.4, 0.5) is 0 Å². The smallest absolute Gasteiger partial charge is 0.0991 e. The van der Waals surface area contributed by atoms with Crippen molar-refractivity contribution in [2.75, 3.05) is 6.54 Å². The summed E-state index contributed by atoms with van der Waals surface area (Å²) in [6.45, 7) is 7.56. The van der Waals surface area contributed by atoms with Gasteiger partial charge < -0.3 is 0 Å². The van der Waals surface area contributed by atoms with Gasteiger partial charge in [0.25, 0.3) is 0 Å². The van der Waals surface area contributed by atoms with Crippen LogP contribution in [0.25, 0.3) is 0 Å². The molecule has 3 rings (SSSR count). The molecule has 0 spiro atoms. The Labute approximate surface area is 133 Å². The van der Waals surface area contributed by atoms with Gasteiger partial charge in [-0.05, 0) is 46.7 Å². The fourth-order valence-corrected chi connectivity index (χ4v) is 3.37. The van der Waals surface area contributed by atoms with Crippen molar-refractivity contribution in [2.24, 2.45) is 0 Å². The van der Waals surface area contributed by atoms with Crippen LogP contribution in [-0.4, -0.2) is 11.4 Å². The highest BCUT2D eigenvalue weighted by Crippen LogP contribution is 2.28. The molecule has 0 N–H and O–H groups in total. The maximum atomic E-state index is 9.02. The van der Waals surface area contributed by atoms with Crippen LogP contribution in [-0.2, 0) is 19.5 Å². The van der Waals surface area contributed by atoms with E-state index in [1.807, 2.05) is 18.2 Å². The quantitative estimate of drug-likeness (QED) is 0.845. The molecule has 1 aliphatic heterocycles. The summed E-state index contributed by atoms with van der Waals surface area (Å²) in [4.78, 5) is 2.48. The van der Waals surface area contributed by atoms with Crippen LogP contribution >= 0.6 is 0 Å². The molecule has 2 aromatic carbocycles. The predicted molar refractivity (Wildman–Crippen MR) is 89.5 cm³/mol. The van der Waals surface area contributed by atoms with Crippen LogP contribution in [0.3, 0.4) is 0 Å². The molecule has 2 nitrogen and oxygen atoms in total. The van der Waals surface area contributed by atoms with Gasteiger partial charge in [0.2, 0.25) is 0 Å². The van der Waals surface area contributed by atoms with Crippen LogP contribution in [0.5, 0.6) is 0 Å². The third-order valence-electron chi connectivity index (χ3n) is 4.47. The van der Waals surface area contributed by atoms with Crippen molar-refractivity contribution in [1.82, 2.24) is 4.90 Å². The molecule has 0 atom stereocenters. The standard InChI is InChI=1S/C20H22N2/c1-15(2)19-8-4-7-18-14-22(10-9-20(18)19)13-17-6-3-5-16(11-17)12-21/h3-8,11,15H,9-10,13-14H2,1-2H3. The molecule has 0 fully saturated rings. The summed E-state index contributed by atoms with van der Waals surface area (Å²) in [7, 11) is 0. The molecule has 0 amide bonds. The zero-order valence-electron chi connectivity index (χ0n) is 13.3. The van der Waals surface area contributed by atoms with E-state index in [1.165, 1.54) is 16.7 Å². The van der Waals surface area contributed by atoms with Crippen molar-refractivity contribution >= 4 is 0 Å². The Morgan fingerprint density at radius 3 is 2.77 bits per heavy atom. The van der Waals surface area contributed by atoms with E-state index >= 15 is 0 Å². The third kappa shape index (κ3) is 3.05. The van der Waals surface area contributed by atoms with E-state index in [0.717, 1.165) is 31.6 Å². The molecule has 0 saturated heterocycles. The Bertz CT molecular complexity index is 710. The Balaban J connectivity index is 1.77. The van der Waals surface area contributed by atoms with Crippen LogP contribution in [0, 0.1) is 11.3 Å². The van der Waals surface area contributed by atoms with E-state index in [4.69, 9.17) is 5.26 Å². The molecular weight excluding hydrogens is 268 g/mol. The van der Waals surface area contributed by atoms with E-state index in [-0.39, 0.29) is 0 Å². The number of fused-ring (bicyclic) bond motifs is 1. The van der Waals surface area contributed by atoms with E-state index in [9.17, 15) is 0 Å². The Kier molecular flexibility index (Phi) is 4.27. The molecule has 2 aromatic rings. The molecule has 0 radical (unpaired) electrons. The van der Waals surface area contributed by atoms with Gasteiger partial charge in [-0.2, -0.15) is 5.26 Å². The van der Waals surface area contributed by atoms with Gasteiger partial charge in [-0.1, -0.05) is 44.2 Å². The minimum atomic E-state index is 0.591. The number of nitrogens with zero attached hydrogens (tertiary/aromatic N) is 2. The molecule has 1 aliphatic rings. The lowest BCUT2D eigenvalue weighted by Crippen LogP contribution is -2.30. The molecule has 0 aromatic heterocycles. The van der Waals surface area contributed by atoms with Gasteiger partial charge in [0.15, 0.2) is 0 Å². The first-order valence-electron chi connectivity index (χ1n) is 7.99. The second-order valence-electron chi connectivity index (χ2n) is 6.41. The van der Waals surface area contributed by atoms with E-state index in [2.05, 4.69) is 49.1 Å². The SMILES string of the molecule is CC(C)c1cccc2c1CCN(Cc1cccc(C#N)c1)C2. The number of hydrogen-bond acceptors (Lipinski definition) is 2. The van der Waals surface area contributed by atoms with Gasteiger partial charge in [-0.15, -0.1) is 0 Å². The lowest BCUT2D eigenvalue weighted by molar-refractivity contribution is 0.245. The third-order valence-corrected chi connectivity index (χ3v) is 4.47. The average molecular weight is 290 g/mol. The maximum absolute atomic E-state index is 9.02. The van der Waals surface area contributed by atoms with Crippen molar-refractivity contribution in [2.45, 2.75) is 39.3 Å². The summed E-state index contributed by atoms with van der Waals surface area (Å²) >= 11 is 0. The molecule has 0 saturated carbocycles. The highest BCUT2D eigenvalue weighted by Gasteiger charge is 2.19. The lowest BCUT2D eigenvalue weighted by atomic mass is 9.89. The Morgan fingerprint density at radius 2 is 2.00 bits per heavy atom. The topological polar surface area (TPSA) is 27.0 Å². The minimum absolute atomic E-state index is 0.591. The molecule has 0 aliphatic carbocycles. The largest absolute Gasteiger partial charge is 0.294 e. The summed E-state index contributed by atoms with van der Waals surface area (Å²) in [6, 6.07) is 16.9. The Morgan fingerprint density at radius 1 is 1.18 bits per heavy atom. The van der Waals surface area contributed by atoms with Gasteiger partial charge in [0.05, 0.1) is 11.6 Å². The number of benzene rings is 2. The van der Waals surface area contributed by atoms with Gasteiger partial charge in [0, 0.05) is 19.6 Å². The zero-order chi connectivity index (χ0) is 15.5. The second-order valence-corrected chi connectivity index (χ2v) is 6.41. The summed E-state index contributed by atoms with van der Waals surface area (Å²) < 4.78 is 0. The number of rotatable bonds is 3. The molecule has 2 heteroatoms. The van der Waals surface area contributed by atoms with E-state index < -0.39 is 0 Å². The van der Waals surface area contributed by atoms with Gasteiger partial charge in [0.1, 0.15) is 0 Å². The van der Waals surface area contributed by atoms with Crippen molar-refractivity contribution < 1.29 is 0 Å². The van der Waals surface area contributed by atoms with Crippen LogP contribution < -0.4 is 0 Å². The average Bonchev–Trinajstić information content (AvgIpc) is 2.54. The predicted octanol–water partition coefficient (Wildman–Crippen LogP) is 4.24.